The lowest BCUT2D eigenvalue weighted by Gasteiger charge is -2.11. The van der Waals surface area contributed by atoms with Gasteiger partial charge in [-0.1, -0.05) is 25.8 Å². The van der Waals surface area contributed by atoms with Gasteiger partial charge < -0.3 is 11.1 Å². The topological polar surface area (TPSA) is 68.0 Å². The summed E-state index contributed by atoms with van der Waals surface area (Å²) in [7, 11) is 0. The summed E-state index contributed by atoms with van der Waals surface area (Å²) < 4.78 is 0. The normalized spacial score (nSPS) is 12.2. The van der Waals surface area contributed by atoms with Crippen LogP contribution in [0.25, 0.3) is 0 Å². The van der Waals surface area contributed by atoms with Gasteiger partial charge in [-0.15, -0.1) is 0 Å². The molecule has 0 radical (unpaired) electrons. The Balaban J connectivity index is 2.34. The predicted molar refractivity (Wildman–Crippen MR) is 68.3 cm³/mol. The van der Waals surface area contributed by atoms with Crippen molar-refractivity contribution in [1.82, 2.24) is 10.3 Å². The van der Waals surface area contributed by atoms with Gasteiger partial charge in [-0.25, -0.2) is 0 Å². The molecule has 0 aliphatic carbocycles. The Bertz CT molecular complexity index is 348. The molecule has 1 unspecified atom stereocenters. The summed E-state index contributed by atoms with van der Waals surface area (Å²) >= 11 is 0. The van der Waals surface area contributed by atoms with Gasteiger partial charge in [-0.2, -0.15) is 0 Å². The van der Waals surface area contributed by atoms with Crippen molar-refractivity contribution in [3.05, 3.63) is 29.6 Å². The molecule has 0 saturated heterocycles. The number of aromatic nitrogens is 1. The Morgan fingerprint density at radius 1 is 1.53 bits per heavy atom. The smallest absolute Gasteiger partial charge is 0.237 e. The van der Waals surface area contributed by atoms with Gasteiger partial charge in [0.15, 0.2) is 0 Å². The third-order valence-corrected chi connectivity index (χ3v) is 2.64. The number of aryl methyl sites for hydroxylation is 1. The maximum atomic E-state index is 11.6. The van der Waals surface area contributed by atoms with Crippen LogP contribution in [-0.4, -0.2) is 16.9 Å². The summed E-state index contributed by atoms with van der Waals surface area (Å²) in [6, 6.07) is 3.49. The number of pyridine rings is 1. The molecule has 94 valence electrons. The highest BCUT2D eigenvalue weighted by Crippen LogP contribution is 2.01. The van der Waals surface area contributed by atoms with Gasteiger partial charge in [-0.3, -0.25) is 9.78 Å². The predicted octanol–water partition coefficient (Wildman–Crippen LogP) is 1.52. The number of hydrogen-bond donors (Lipinski definition) is 2. The monoisotopic (exact) mass is 235 g/mol. The van der Waals surface area contributed by atoms with Gasteiger partial charge in [0.25, 0.3) is 0 Å². The Morgan fingerprint density at radius 3 is 2.88 bits per heavy atom. The van der Waals surface area contributed by atoms with E-state index in [2.05, 4.69) is 17.2 Å². The molecular formula is C13H21N3O. The third kappa shape index (κ3) is 4.95. The number of nitrogens with two attached hydrogens (primary N) is 1. The van der Waals surface area contributed by atoms with Crippen molar-refractivity contribution >= 4 is 5.91 Å². The van der Waals surface area contributed by atoms with Crippen LogP contribution in [0.1, 0.15) is 37.4 Å². The molecule has 0 aliphatic heterocycles. The first-order chi connectivity index (χ1) is 8.13. The second-order valence-corrected chi connectivity index (χ2v) is 4.27. The molecule has 1 aromatic heterocycles. The molecule has 0 fully saturated rings. The van der Waals surface area contributed by atoms with E-state index in [0.29, 0.717) is 6.54 Å². The molecule has 0 saturated carbocycles. The van der Waals surface area contributed by atoms with Crippen molar-refractivity contribution in [1.29, 1.82) is 0 Å². The summed E-state index contributed by atoms with van der Waals surface area (Å²) in [6.07, 6.45) is 4.56. The second kappa shape index (κ2) is 7.01. The SMILES string of the molecule is CCCCC(N)C(=O)NCc1ccc(C)nc1. The lowest BCUT2D eigenvalue weighted by Crippen LogP contribution is -2.40. The van der Waals surface area contributed by atoms with Gasteiger partial charge >= 0.3 is 0 Å². The van der Waals surface area contributed by atoms with Crippen LogP contribution in [0.2, 0.25) is 0 Å². The van der Waals surface area contributed by atoms with Gasteiger partial charge in [0.2, 0.25) is 5.91 Å². The fourth-order valence-electron chi connectivity index (χ4n) is 1.48. The first-order valence-electron chi connectivity index (χ1n) is 6.08. The molecule has 4 heteroatoms. The van der Waals surface area contributed by atoms with Crippen LogP contribution >= 0.6 is 0 Å². The Labute approximate surface area is 103 Å². The fraction of sp³-hybridized carbons (Fsp3) is 0.538. The van der Waals surface area contributed by atoms with Crippen LogP contribution in [0.3, 0.4) is 0 Å². The van der Waals surface area contributed by atoms with E-state index in [4.69, 9.17) is 5.73 Å². The Hall–Kier alpha value is -1.42. The van der Waals surface area contributed by atoms with E-state index in [0.717, 1.165) is 30.5 Å². The molecule has 1 rings (SSSR count). The largest absolute Gasteiger partial charge is 0.351 e. The van der Waals surface area contributed by atoms with Crippen molar-refractivity contribution in [3.63, 3.8) is 0 Å². The van der Waals surface area contributed by atoms with Crippen molar-refractivity contribution in [3.8, 4) is 0 Å². The summed E-state index contributed by atoms with van der Waals surface area (Å²) in [5, 5.41) is 2.82. The van der Waals surface area contributed by atoms with Gasteiger partial charge in [0.1, 0.15) is 0 Å². The molecule has 1 amide bonds. The van der Waals surface area contributed by atoms with Gasteiger partial charge in [-0.05, 0) is 25.0 Å². The molecule has 1 heterocycles. The summed E-state index contributed by atoms with van der Waals surface area (Å²) in [5.74, 6) is -0.0842. The zero-order valence-electron chi connectivity index (χ0n) is 10.6. The average Bonchev–Trinajstić information content (AvgIpc) is 2.34. The van der Waals surface area contributed by atoms with E-state index in [1.807, 2.05) is 19.1 Å². The molecular weight excluding hydrogens is 214 g/mol. The molecule has 4 nitrogen and oxygen atoms in total. The van der Waals surface area contributed by atoms with Gasteiger partial charge in [0.05, 0.1) is 6.04 Å². The first kappa shape index (κ1) is 13.6. The number of nitrogens with zero attached hydrogens (tertiary/aromatic N) is 1. The Morgan fingerprint density at radius 2 is 2.29 bits per heavy atom. The molecule has 1 atom stereocenters. The van der Waals surface area contributed by atoms with Crippen molar-refractivity contribution in [2.75, 3.05) is 0 Å². The van der Waals surface area contributed by atoms with E-state index in [-0.39, 0.29) is 5.91 Å². The van der Waals surface area contributed by atoms with Crippen LogP contribution in [0.5, 0.6) is 0 Å². The zero-order valence-corrected chi connectivity index (χ0v) is 10.6. The van der Waals surface area contributed by atoms with Crippen molar-refractivity contribution in [2.45, 2.75) is 45.7 Å². The number of amides is 1. The number of nitrogens with one attached hydrogen (secondary N) is 1. The van der Waals surface area contributed by atoms with E-state index in [1.54, 1.807) is 6.20 Å². The van der Waals surface area contributed by atoms with Crippen LogP contribution in [0.15, 0.2) is 18.3 Å². The third-order valence-electron chi connectivity index (χ3n) is 2.64. The van der Waals surface area contributed by atoms with E-state index >= 15 is 0 Å². The van der Waals surface area contributed by atoms with Crippen LogP contribution in [0, 0.1) is 6.92 Å². The molecule has 0 spiro atoms. The minimum absolute atomic E-state index is 0.0842. The molecule has 0 bridgehead atoms. The summed E-state index contributed by atoms with van der Waals surface area (Å²) in [5.41, 5.74) is 7.73. The lowest BCUT2D eigenvalue weighted by molar-refractivity contribution is -0.122. The van der Waals surface area contributed by atoms with Crippen molar-refractivity contribution < 1.29 is 4.79 Å². The molecule has 0 aromatic carbocycles. The Kier molecular flexibility index (Phi) is 5.63. The maximum absolute atomic E-state index is 11.6. The number of carbonyl (C=O) groups is 1. The highest BCUT2D eigenvalue weighted by atomic mass is 16.2. The van der Waals surface area contributed by atoms with Crippen molar-refractivity contribution in [2.24, 2.45) is 5.73 Å². The minimum Gasteiger partial charge on any atom is -0.351 e. The van der Waals surface area contributed by atoms with Gasteiger partial charge in [0, 0.05) is 18.4 Å². The van der Waals surface area contributed by atoms with E-state index < -0.39 is 6.04 Å². The zero-order chi connectivity index (χ0) is 12.7. The van der Waals surface area contributed by atoms with E-state index in [1.165, 1.54) is 0 Å². The lowest BCUT2D eigenvalue weighted by atomic mass is 10.1. The fourth-order valence-corrected chi connectivity index (χ4v) is 1.48. The number of unbranched alkanes of at least 4 members (excludes halogenated alkanes) is 1. The first-order valence-corrected chi connectivity index (χ1v) is 6.08. The quantitative estimate of drug-likeness (QED) is 0.785. The number of carbonyl (C=O) groups excluding carboxylic acids is 1. The number of hydrogen-bond acceptors (Lipinski definition) is 3. The van der Waals surface area contributed by atoms with Crippen LogP contribution < -0.4 is 11.1 Å². The van der Waals surface area contributed by atoms with Crippen LogP contribution in [0.4, 0.5) is 0 Å². The highest BCUT2D eigenvalue weighted by molar-refractivity contribution is 5.81. The summed E-state index contributed by atoms with van der Waals surface area (Å²) in [4.78, 5) is 15.8. The average molecular weight is 235 g/mol. The minimum atomic E-state index is -0.395. The molecule has 17 heavy (non-hydrogen) atoms. The molecule has 0 aliphatic rings. The molecule has 3 N–H and O–H groups in total. The number of rotatable bonds is 6. The van der Waals surface area contributed by atoms with E-state index in [9.17, 15) is 4.79 Å². The highest BCUT2D eigenvalue weighted by Gasteiger charge is 2.11. The molecule has 1 aromatic rings. The standard InChI is InChI=1S/C13H21N3O/c1-3-4-5-12(14)13(17)16-9-11-7-6-10(2)15-8-11/h6-8,12H,3-5,9,14H2,1-2H3,(H,16,17). The summed E-state index contributed by atoms with van der Waals surface area (Å²) in [6.45, 7) is 4.51. The van der Waals surface area contributed by atoms with Crippen LogP contribution in [-0.2, 0) is 11.3 Å². The maximum Gasteiger partial charge on any atom is 0.237 e. The second-order valence-electron chi connectivity index (χ2n) is 4.27.